The zero-order valence-corrected chi connectivity index (χ0v) is 32.8. The number of esters is 1. The Morgan fingerprint density at radius 1 is 1.02 bits per heavy atom. The fraction of sp³-hybridized carbons (Fsp3) is 0.405. The second kappa shape index (κ2) is 15.6. The van der Waals surface area contributed by atoms with E-state index in [9.17, 15) is 39.6 Å². The number of aromatic hydroxyl groups is 1. The van der Waals surface area contributed by atoms with Crippen molar-refractivity contribution in [3.63, 3.8) is 0 Å². The first-order chi connectivity index (χ1) is 26.9. The molecule has 3 aromatic carbocycles. The third-order valence-corrected chi connectivity index (χ3v) is 10.9. The predicted molar refractivity (Wildman–Crippen MR) is 210 cm³/mol. The zero-order valence-electron chi connectivity index (χ0n) is 32.8. The number of carbonyl (C=O) groups is 2. The largest absolute Gasteiger partial charge is 0.507 e. The van der Waals surface area contributed by atoms with Crippen LogP contribution in [0.15, 0.2) is 68.3 Å². The van der Waals surface area contributed by atoms with E-state index in [1.54, 1.807) is 32.9 Å². The lowest BCUT2D eigenvalue weighted by atomic mass is 9.83. The summed E-state index contributed by atoms with van der Waals surface area (Å²) in [4.78, 5) is 57.4. The fourth-order valence-electron chi connectivity index (χ4n) is 7.35. The summed E-state index contributed by atoms with van der Waals surface area (Å²) in [5, 5.41) is 48.1. The minimum atomic E-state index is -1.94. The molecular formula is C42H46N2O13. The minimum absolute atomic E-state index is 0.00766. The van der Waals surface area contributed by atoms with Gasteiger partial charge in [0.2, 0.25) is 5.43 Å². The maximum atomic E-state index is 14.5. The third kappa shape index (κ3) is 7.45. The van der Waals surface area contributed by atoms with E-state index in [2.05, 4.69) is 5.32 Å². The molecule has 5 N–H and O–H groups in total. The molecule has 3 heterocycles. The molecule has 2 aliphatic rings. The quantitative estimate of drug-likeness (QED) is 0.109. The van der Waals surface area contributed by atoms with Gasteiger partial charge in [-0.05, 0) is 32.1 Å². The number of ether oxygens (including phenoxy) is 4. The molecule has 4 bridgehead atoms. The number of aliphatic hydroxyl groups excluding tert-OH is 3. The van der Waals surface area contributed by atoms with E-state index in [0.717, 1.165) is 0 Å². The molecule has 1 amide bonds. The molecule has 4 aromatic rings. The number of methoxy groups -OCH3 is 1. The summed E-state index contributed by atoms with van der Waals surface area (Å²) >= 11 is 0. The molecule has 6 rings (SSSR count). The number of allylic oxidation sites excluding steroid dienone is 2. The first-order valence-electron chi connectivity index (χ1n) is 18.5. The summed E-state index contributed by atoms with van der Waals surface area (Å²) in [5.41, 5.74) is -1.52. The van der Waals surface area contributed by atoms with Crippen molar-refractivity contribution < 1.29 is 53.4 Å². The van der Waals surface area contributed by atoms with Gasteiger partial charge in [0.1, 0.15) is 34.3 Å². The maximum absolute atomic E-state index is 14.5. The number of rotatable bonds is 2. The number of fused-ring (bicyclic) bond motifs is 2. The van der Waals surface area contributed by atoms with E-state index < -0.39 is 82.2 Å². The monoisotopic (exact) mass is 786 g/mol. The van der Waals surface area contributed by atoms with Gasteiger partial charge in [0.25, 0.3) is 5.91 Å². The first kappa shape index (κ1) is 40.9. The molecule has 0 aliphatic carbocycles. The molecule has 0 fully saturated rings. The molecule has 0 radical (unpaired) electrons. The third-order valence-electron chi connectivity index (χ3n) is 10.9. The van der Waals surface area contributed by atoms with Crippen LogP contribution in [0.25, 0.3) is 38.7 Å². The molecule has 0 unspecified atom stereocenters. The molecule has 302 valence electrons. The number of aromatic nitrogens is 1. The number of benzene rings is 3. The number of hydrogen-bond donors (Lipinski definition) is 5. The molecule has 1 aromatic heterocycles. The van der Waals surface area contributed by atoms with Gasteiger partial charge in [-0.3, -0.25) is 19.2 Å². The van der Waals surface area contributed by atoms with Gasteiger partial charge in [-0.1, -0.05) is 39.0 Å². The summed E-state index contributed by atoms with van der Waals surface area (Å²) in [7, 11) is 1.44. The van der Waals surface area contributed by atoms with Crippen LogP contribution in [0.3, 0.4) is 0 Å². The number of amides is 1. The van der Waals surface area contributed by atoms with Crippen molar-refractivity contribution in [1.82, 2.24) is 4.98 Å². The van der Waals surface area contributed by atoms with Gasteiger partial charge < -0.3 is 49.1 Å². The number of nitrogens with one attached hydrogen (secondary N) is 1. The highest BCUT2D eigenvalue weighted by Gasteiger charge is 2.44. The van der Waals surface area contributed by atoms with E-state index in [4.69, 9.17) is 28.3 Å². The normalized spacial score (nSPS) is 29.4. The Kier molecular flexibility index (Phi) is 11.2. The van der Waals surface area contributed by atoms with Gasteiger partial charge in [-0.25, -0.2) is 4.98 Å². The van der Waals surface area contributed by atoms with E-state index in [1.807, 2.05) is 0 Å². The van der Waals surface area contributed by atoms with Crippen LogP contribution in [-0.4, -0.2) is 74.6 Å². The fourth-order valence-corrected chi connectivity index (χ4v) is 7.35. The Labute approximate surface area is 326 Å². The SMILES string of the molecule is CO[C@H]1/C=C/O[C@@]2(C)Oc3c(C)c(O)c4c(=O)c(c5oc6cc(=O)ccc6nc5c4c3=C2O)NC(=O)/C(C)=C\C=C\[C@H](C)[C@H](O)C[C@@H](O)[C@@H](C)[C@H](OC(C)=O)[C@@H]1C. The van der Waals surface area contributed by atoms with Crippen LogP contribution in [0.4, 0.5) is 5.69 Å². The van der Waals surface area contributed by atoms with Crippen LogP contribution >= 0.6 is 0 Å². The molecule has 0 spiro atoms. The van der Waals surface area contributed by atoms with E-state index in [0.29, 0.717) is 0 Å². The number of hydrogen-bond acceptors (Lipinski definition) is 14. The number of aliphatic hydroxyl groups is 3. The van der Waals surface area contributed by atoms with E-state index in [1.165, 1.54) is 71.4 Å². The minimum Gasteiger partial charge on any atom is -0.507 e. The molecule has 8 atom stereocenters. The van der Waals surface area contributed by atoms with Crippen molar-refractivity contribution in [3.05, 3.63) is 85.6 Å². The molecule has 57 heavy (non-hydrogen) atoms. The van der Waals surface area contributed by atoms with Crippen molar-refractivity contribution in [3.8, 4) is 11.5 Å². The Bertz CT molecular complexity index is 2560. The van der Waals surface area contributed by atoms with E-state index >= 15 is 0 Å². The van der Waals surface area contributed by atoms with Gasteiger partial charge in [-0.2, -0.15) is 0 Å². The van der Waals surface area contributed by atoms with Crippen LogP contribution in [0.5, 0.6) is 11.5 Å². The summed E-state index contributed by atoms with van der Waals surface area (Å²) in [5.74, 6) is -6.00. The smallest absolute Gasteiger partial charge is 0.307 e. The highest BCUT2D eigenvalue weighted by molar-refractivity contribution is 6.16. The summed E-state index contributed by atoms with van der Waals surface area (Å²) in [6, 6.07) is 3.87. The van der Waals surface area contributed by atoms with Gasteiger partial charge in [0.15, 0.2) is 22.4 Å². The molecule has 15 nitrogen and oxygen atoms in total. The molecule has 0 saturated carbocycles. The lowest BCUT2D eigenvalue weighted by Crippen LogP contribution is -2.43. The Morgan fingerprint density at radius 3 is 2.42 bits per heavy atom. The van der Waals surface area contributed by atoms with E-state index in [-0.39, 0.29) is 67.2 Å². The van der Waals surface area contributed by atoms with Crippen LogP contribution in [0, 0.1) is 24.7 Å². The van der Waals surface area contributed by atoms with Crippen LogP contribution < -0.4 is 26.1 Å². The number of phenols is 1. The van der Waals surface area contributed by atoms with Crippen LogP contribution in [0.2, 0.25) is 0 Å². The summed E-state index contributed by atoms with van der Waals surface area (Å²) in [6.45, 7) is 10.8. The molecule has 15 heteroatoms. The molecule has 2 aliphatic heterocycles. The molecular weight excluding hydrogens is 740 g/mol. The lowest BCUT2D eigenvalue weighted by molar-refractivity contribution is -0.158. The van der Waals surface area contributed by atoms with Gasteiger partial charge in [0.05, 0.1) is 35.2 Å². The first-order valence-corrected chi connectivity index (χ1v) is 18.5. The zero-order chi connectivity index (χ0) is 41.7. The van der Waals surface area contributed by atoms with Crippen LogP contribution in [-0.2, 0) is 23.8 Å². The van der Waals surface area contributed by atoms with Gasteiger partial charge >= 0.3 is 11.8 Å². The van der Waals surface area contributed by atoms with Gasteiger partial charge in [-0.15, -0.1) is 0 Å². The average molecular weight is 787 g/mol. The predicted octanol–water partition coefficient (Wildman–Crippen LogP) is 4.31. The van der Waals surface area contributed by atoms with Crippen molar-refractivity contribution >= 4 is 56.3 Å². The Morgan fingerprint density at radius 2 is 1.74 bits per heavy atom. The van der Waals surface area contributed by atoms with Crippen molar-refractivity contribution in [1.29, 1.82) is 0 Å². The number of nitrogens with zero attached hydrogens (tertiary/aromatic N) is 1. The lowest BCUT2D eigenvalue weighted by Gasteiger charge is -2.35. The second-order valence-electron chi connectivity index (χ2n) is 14.9. The number of anilines is 1. The summed E-state index contributed by atoms with van der Waals surface area (Å²) in [6.07, 6.45) is 3.54. The van der Waals surface area contributed by atoms with Gasteiger partial charge in [0, 0.05) is 67.7 Å². The standard InChI is InChI=1S/C42H46N2O13/c1-18-10-9-11-19(2)41(52)44-34-36(50)31-30(33-39(34)56-29-16-24(46)12-13-25(29)43-33)32-38(22(5)35(31)49)57-42(7,40(32)51)54-15-14-28(53-8)21(4)37(55-23(6)45)20(3)27(48)17-26(18)47/h9-16,18,20-21,26-28,37,47-49,51H,17H2,1-8H3,(H,44,52)/b10-9+,15-14+,19-11-/t18-,20+,21+,26+,27+,28-,37-,42-/m0/s1. The Hall–Kier alpha value is -5.77. The van der Waals surface area contributed by atoms with Crippen molar-refractivity contribution in [2.45, 2.75) is 85.1 Å². The maximum Gasteiger partial charge on any atom is 0.307 e. The highest BCUT2D eigenvalue weighted by atomic mass is 16.7. The summed E-state index contributed by atoms with van der Waals surface area (Å²) < 4.78 is 29.8. The second-order valence-corrected chi connectivity index (χ2v) is 14.9. The highest BCUT2D eigenvalue weighted by Crippen LogP contribution is 2.42. The van der Waals surface area contributed by atoms with Crippen molar-refractivity contribution in [2.24, 2.45) is 17.8 Å². The van der Waals surface area contributed by atoms with Crippen molar-refractivity contribution in [2.75, 3.05) is 12.4 Å². The number of carbonyl (C=O) groups excluding carboxylic acids is 2. The Balaban J connectivity index is 1.62. The number of phenolic OH excluding ortho intramolecular Hbond substituents is 1. The topological polar surface area (TPSA) is 224 Å². The average Bonchev–Trinajstić information content (AvgIpc) is 3.43. The molecule has 0 saturated heterocycles. The van der Waals surface area contributed by atoms with Crippen LogP contribution in [0.1, 0.15) is 53.5 Å².